The number of nitrogens with one attached hydrogen (secondary N) is 1. The second kappa shape index (κ2) is 10.6. The van der Waals surface area contributed by atoms with Crippen LogP contribution in [0.15, 0.2) is 59.5 Å². The van der Waals surface area contributed by atoms with Gasteiger partial charge in [0.05, 0.1) is 12.0 Å². The molecule has 0 bridgehead atoms. The maximum atomic E-state index is 13.1. The first kappa shape index (κ1) is 25.7. The van der Waals surface area contributed by atoms with Crippen LogP contribution in [0, 0.1) is 5.92 Å². The molecule has 0 aromatic heterocycles. The number of ether oxygens (including phenoxy) is 2. The van der Waals surface area contributed by atoms with Gasteiger partial charge in [-0.25, -0.2) is 13.2 Å². The van der Waals surface area contributed by atoms with Crippen molar-refractivity contribution in [3.63, 3.8) is 0 Å². The van der Waals surface area contributed by atoms with Crippen molar-refractivity contribution in [2.75, 3.05) is 20.2 Å². The molecule has 1 N–H and O–H groups in total. The fourth-order valence-corrected chi connectivity index (χ4v) is 5.15. The highest BCUT2D eigenvalue weighted by Crippen LogP contribution is 2.26. The Morgan fingerprint density at radius 3 is 2.06 bits per heavy atom. The Morgan fingerprint density at radius 2 is 1.53 bits per heavy atom. The molecule has 1 atom stereocenters. The molecule has 34 heavy (non-hydrogen) atoms. The van der Waals surface area contributed by atoms with Crippen LogP contribution in [0.5, 0.6) is 0 Å². The van der Waals surface area contributed by atoms with E-state index in [1.807, 2.05) is 30.3 Å². The van der Waals surface area contributed by atoms with Gasteiger partial charge in [0.2, 0.25) is 10.0 Å². The third-order valence-electron chi connectivity index (χ3n) is 5.67. The number of nitrogens with zero attached hydrogens (tertiary/aromatic N) is 1. The summed E-state index contributed by atoms with van der Waals surface area (Å²) in [5.74, 6) is -0.968. The van der Waals surface area contributed by atoms with Gasteiger partial charge in [0.1, 0.15) is 11.6 Å². The third kappa shape index (κ3) is 6.57. The van der Waals surface area contributed by atoms with E-state index in [2.05, 4.69) is 4.72 Å². The number of rotatable bonds is 6. The van der Waals surface area contributed by atoms with Crippen LogP contribution in [0.2, 0.25) is 0 Å². The van der Waals surface area contributed by atoms with E-state index in [4.69, 9.17) is 9.47 Å². The number of hydrogen-bond donors (Lipinski definition) is 1. The van der Waals surface area contributed by atoms with Crippen LogP contribution in [0.4, 0.5) is 4.79 Å². The van der Waals surface area contributed by atoms with E-state index in [-0.39, 0.29) is 10.8 Å². The van der Waals surface area contributed by atoms with Crippen molar-refractivity contribution >= 4 is 22.1 Å². The monoisotopic (exact) mass is 488 g/mol. The van der Waals surface area contributed by atoms with Crippen molar-refractivity contribution in [2.45, 2.75) is 50.2 Å². The molecule has 0 radical (unpaired) electrons. The predicted octanol–water partition coefficient (Wildman–Crippen LogP) is 3.82. The molecule has 1 unspecified atom stereocenters. The molecule has 8 nitrogen and oxygen atoms in total. The molecule has 9 heteroatoms. The van der Waals surface area contributed by atoms with E-state index in [9.17, 15) is 18.0 Å². The summed E-state index contributed by atoms with van der Waals surface area (Å²) in [7, 11) is -2.74. The summed E-state index contributed by atoms with van der Waals surface area (Å²) in [6.07, 6.45) is 0.461. The summed E-state index contributed by atoms with van der Waals surface area (Å²) in [5.41, 5.74) is 1.26. The van der Waals surface area contributed by atoms with E-state index in [0.29, 0.717) is 25.9 Å². The number of piperidine rings is 1. The summed E-state index contributed by atoms with van der Waals surface area (Å²) in [6.45, 7) is 6.12. The van der Waals surface area contributed by atoms with Gasteiger partial charge in [-0.05, 0) is 62.8 Å². The second-order valence-corrected chi connectivity index (χ2v) is 11.0. The van der Waals surface area contributed by atoms with Crippen LogP contribution in [0.25, 0.3) is 11.1 Å². The van der Waals surface area contributed by atoms with Crippen LogP contribution in [-0.2, 0) is 24.3 Å². The third-order valence-corrected chi connectivity index (χ3v) is 7.13. The summed E-state index contributed by atoms with van der Waals surface area (Å²) < 4.78 is 39.0. The molecule has 184 valence electrons. The van der Waals surface area contributed by atoms with Gasteiger partial charge >= 0.3 is 12.1 Å². The van der Waals surface area contributed by atoms with Crippen molar-refractivity contribution in [1.82, 2.24) is 9.62 Å². The lowest BCUT2D eigenvalue weighted by atomic mass is 9.90. The number of esters is 1. The van der Waals surface area contributed by atoms with Crippen LogP contribution < -0.4 is 4.72 Å². The molecule has 1 heterocycles. The Kier molecular flexibility index (Phi) is 7.99. The Labute approximate surface area is 201 Å². The lowest BCUT2D eigenvalue weighted by molar-refractivity contribution is -0.144. The minimum absolute atomic E-state index is 0.0623. The van der Waals surface area contributed by atoms with E-state index >= 15 is 0 Å². The highest BCUT2D eigenvalue weighted by molar-refractivity contribution is 7.89. The average Bonchev–Trinajstić information content (AvgIpc) is 2.82. The molecule has 0 aliphatic carbocycles. The quantitative estimate of drug-likeness (QED) is 0.620. The number of sulfonamides is 1. The van der Waals surface area contributed by atoms with E-state index in [0.717, 1.165) is 11.1 Å². The van der Waals surface area contributed by atoms with Crippen molar-refractivity contribution in [2.24, 2.45) is 5.92 Å². The maximum Gasteiger partial charge on any atom is 0.410 e. The SMILES string of the molecule is COC(=O)C(NS(=O)(=O)c1ccc(-c2ccccc2)cc1)C1CCN(C(=O)OC(C)(C)C)CC1. The Hall–Kier alpha value is -2.91. The molecule has 1 aliphatic heterocycles. The number of likely N-dealkylation sites (tertiary alicyclic amines) is 1. The molecule has 1 saturated heterocycles. The summed E-state index contributed by atoms with van der Waals surface area (Å²) in [6, 6.07) is 15.1. The number of methoxy groups -OCH3 is 1. The molecule has 2 aromatic carbocycles. The van der Waals surface area contributed by atoms with E-state index in [1.54, 1.807) is 37.8 Å². The zero-order valence-electron chi connectivity index (χ0n) is 20.0. The van der Waals surface area contributed by atoms with E-state index < -0.39 is 33.7 Å². The van der Waals surface area contributed by atoms with E-state index in [1.165, 1.54) is 19.2 Å². The number of carbonyl (C=O) groups is 2. The van der Waals surface area contributed by atoms with Gasteiger partial charge in [-0.3, -0.25) is 4.79 Å². The molecule has 2 aromatic rings. The largest absolute Gasteiger partial charge is 0.468 e. The fraction of sp³-hybridized carbons (Fsp3) is 0.440. The van der Waals surface area contributed by atoms with Gasteiger partial charge in [-0.15, -0.1) is 0 Å². The Balaban J connectivity index is 1.70. The summed E-state index contributed by atoms with van der Waals surface area (Å²) >= 11 is 0. The highest BCUT2D eigenvalue weighted by atomic mass is 32.2. The van der Waals surface area contributed by atoms with Crippen LogP contribution in [0.1, 0.15) is 33.6 Å². The highest BCUT2D eigenvalue weighted by Gasteiger charge is 2.37. The standard InChI is InChI=1S/C25H32N2O6S/c1-25(2,3)33-24(29)27-16-14-20(15-17-27)22(23(28)32-4)26-34(30,31)21-12-10-19(11-13-21)18-8-6-5-7-9-18/h5-13,20,22,26H,14-17H2,1-4H3. The number of benzene rings is 2. The number of hydrogen-bond acceptors (Lipinski definition) is 6. The Morgan fingerprint density at radius 1 is 0.971 bits per heavy atom. The lowest BCUT2D eigenvalue weighted by Crippen LogP contribution is -2.51. The summed E-state index contributed by atoms with van der Waals surface area (Å²) in [4.78, 5) is 26.5. The van der Waals surface area contributed by atoms with Crippen LogP contribution >= 0.6 is 0 Å². The molecule has 3 rings (SSSR count). The zero-order chi connectivity index (χ0) is 24.9. The average molecular weight is 489 g/mol. The fourth-order valence-electron chi connectivity index (χ4n) is 3.90. The minimum atomic E-state index is -3.97. The minimum Gasteiger partial charge on any atom is -0.468 e. The number of amides is 1. The van der Waals surface area contributed by atoms with Gasteiger partial charge in [0.25, 0.3) is 0 Å². The molecular formula is C25H32N2O6S. The molecule has 0 spiro atoms. The van der Waals surface area contributed by atoms with Gasteiger partial charge in [-0.2, -0.15) is 4.72 Å². The van der Waals surface area contributed by atoms with Crippen molar-refractivity contribution in [1.29, 1.82) is 0 Å². The first-order chi connectivity index (χ1) is 16.0. The van der Waals surface area contributed by atoms with Crippen molar-refractivity contribution in [3.05, 3.63) is 54.6 Å². The second-order valence-electron chi connectivity index (χ2n) is 9.32. The van der Waals surface area contributed by atoms with Gasteiger partial charge in [0.15, 0.2) is 0 Å². The van der Waals surface area contributed by atoms with Crippen molar-refractivity contribution in [3.8, 4) is 11.1 Å². The zero-order valence-corrected chi connectivity index (χ0v) is 20.8. The van der Waals surface area contributed by atoms with Crippen molar-refractivity contribution < 1.29 is 27.5 Å². The maximum absolute atomic E-state index is 13.1. The van der Waals surface area contributed by atoms with Crippen LogP contribution in [0.3, 0.4) is 0 Å². The smallest absolute Gasteiger partial charge is 0.410 e. The molecular weight excluding hydrogens is 456 g/mol. The first-order valence-electron chi connectivity index (χ1n) is 11.2. The molecule has 0 saturated carbocycles. The molecule has 1 aliphatic rings. The van der Waals surface area contributed by atoms with Gasteiger partial charge in [0, 0.05) is 13.1 Å². The molecule has 1 fully saturated rings. The number of carbonyl (C=O) groups excluding carboxylic acids is 2. The summed E-state index contributed by atoms with van der Waals surface area (Å²) in [5, 5.41) is 0. The predicted molar refractivity (Wildman–Crippen MR) is 129 cm³/mol. The van der Waals surface area contributed by atoms with Crippen LogP contribution in [-0.4, -0.2) is 57.2 Å². The normalized spacial score (nSPS) is 16.1. The Bertz CT molecular complexity index is 1090. The topological polar surface area (TPSA) is 102 Å². The molecule has 1 amide bonds. The first-order valence-corrected chi connectivity index (χ1v) is 12.7. The van der Waals surface area contributed by atoms with Gasteiger partial charge in [-0.1, -0.05) is 42.5 Å². The lowest BCUT2D eigenvalue weighted by Gasteiger charge is -2.35. The van der Waals surface area contributed by atoms with Gasteiger partial charge < -0.3 is 14.4 Å².